The summed E-state index contributed by atoms with van der Waals surface area (Å²) >= 11 is 3.05. The van der Waals surface area contributed by atoms with E-state index in [1.807, 2.05) is 0 Å². The second-order valence-electron chi connectivity index (χ2n) is 3.85. The van der Waals surface area contributed by atoms with Crippen LogP contribution in [-0.2, 0) is 0 Å². The van der Waals surface area contributed by atoms with Crippen LogP contribution in [0.3, 0.4) is 0 Å². The zero-order chi connectivity index (χ0) is 14.0. The molecule has 19 heavy (non-hydrogen) atoms. The Bertz CT molecular complexity index is 647. The molecule has 0 spiro atoms. The molecule has 1 aromatic heterocycles. The van der Waals surface area contributed by atoms with E-state index in [9.17, 15) is 9.18 Å². The average molecular weight is 325 g/mol. The van der Waals surface area contributed by atoms with Crippen LogP contribution < -0.4 is 10.5 Å². The summed E-state index contributed by atoms with van der Waals surface area (Å²) in [5.41, 5.74) is 6.10. The third-order valence-corrected chi connectivity index (χ3v) is 2.98. The van der Waals surface area contributed by atoms with Gasteiger partial charge in [0.25, 0.3) is 5.91 Å². The van der Waals surface area contributed by atoms with Gasteiger partial charge in [0.2, 0.25) is 5.88 Å². The number of halogens is 2. The zero-order valence-electron chi connectivity index (χ0n) is 9.98. The molecule has 0 fully saturated rings. The van der Waals surface area contributed by atoms with E-state index in [1.54, 1.807) is 19.1 Å². The van der Waals surface area contributed by atoms with Crippen molar-refractivity contribution in [1.82, 2.24) is 4.98 Å². The molecule has 0 aliphatic heterocycles. The van der Waals surface area contributed by atoms with Crippen molar-refractivity contribution in [3.05, 3.63) is 51.9 Å². The van der Waals surface area contributed by atoms with Gasteiger partial charge >= 0.3 is 0 Å². The van der Waals surface area contributed by atoms with Crippen LogP contribution in [0.5, 0.6) is 11.6 Å². The molecule has 6 heteroatoms. The fraction of sp³-hybridized carbons (Fsp3) is 0.0769. The summed E-state index contributed by atoms with van der Waals surface area (Å²) in [5, 5.41) is 0. The van der Waals surface area contributed by atoms with Crippen LogP contribution in [-0.4, -0.2) is 10.9 Å². The number of hydrogen-bond donors (Lipinski definition) is 1. The molecule has 1 aromatic carbocycles. The Kier molecular flexibility index (Phi) is 3.80. The highest BCUT2D eigenvalue weighted by Crippen LogP contribution is 2.27. The first-order valence-electron chi connectivity index (χ1n) is 5.37. The summed E-state index contributed by atoms with van der Waals surface area (Å²) in [4.78, 5) is 15.4. The number of primary amides is 1. The Hall–Kier alpha value is -1.95. The van der Waals surface area contributed by atoms with Gasteiger partial charge in [-0.3, -0.25) is 4.79 Å². The summed E-state index contributed by atoms with van der Waals surface area (Å²) in [7, 11) is 0. The lowest BCUT2D eigenvalue weighted by Crippen LogP contribution is -2.13. The molecule has 0 aliphatic rings. The molecule has 0 saturated heterocycles. The van der Waals surface area contributed by atoms with Crippen molar-refractivity contribution in [2.45, 2.75) is 6.92 Å². The number of rotatable bonds is 3. The minimum Gasteiger partial charge on any atom is -0.438 e. The number of amides is 1. The van der Waals surface area contributed by atoms with Gasteiger partial charge in [0, 0.05) is 5.69 Å². The number of carbonyl (C=O) groups excluding carboxylic acids is 1. The van der Waals surface area contributed by atoms with Crippen LogP contribution in [0.25, 0.3) is 0 Å². The summed E-state index contributed by atoms with van der Waals surface area (Å²) in [6, 6.07) is 7.34. The summed E-state index contributed by atoms with van der Waals surface area (Å²) < 4.78 is 18.9. The summed E-state index contributed by atoms with van der Waals surface area (Å²) in [5.74, 6) is -0.580. The second-order valence-corrected chi connectivity index (χ2v) is 4.70. The largest absolute Gasteiger partial charge is 0.438 e. The SMILES string of the molecule is Cc1ccc(C(N)=O)c(Oc2ccc(F)c(Br)c2)n1. The lowest BCUT2D eigenvalue weighted by molar-refractivity contribution is 0.0997. The summed E-state index contributed by atoms with van der Waals surface area (Å²) in [6.45, 7) is 1.76. The van der Waals surface area contributed by atoms with Crippen molar-refractivity contribution in [2.24, 2.45) is 5.73 Å². The molecule has 0 aliphatic carbocycles. The van der Waals surface area contributed by atoms with Gasteiger partial charge in [-0.05, 0) is 53.2 Å². The normalized spacial score (nSPS) is 10.3. The molecule has 1 heterocycles. The second kappa shape index (κ2) is 5.36. The van der Waals surface area contributed by atoms with Gasteiger partial charge in [-0.1, -0.05) is 0 Å². The fourth-order valence-corrected chi connectivity index (χ4v) is 1.81. The molecule has 98 valence electrons. The fourth-order valence-electron chi connectivity index (χ4n) is 1.45. The van der Waals surface area contributed by atoms with E-state index in [2.05, 4.69) is 20.9 Å². The van der Waals surface area contributed by atoms with E-state index in [1.165, 1.54) is 18.2 Å². The van der Waals surface area contributed by atoms with Crippen LogP contribution in [0.1, 0.15) is 16.1 Å². The molecular weight excluding hydrogens is 315 g/mol. The lowest BCUT2D eigenvalue weighted by atomic mass is 10.2. The van der Waals surface area contributed by atoms with E-state index in [4.69, 9.17) is 10.5 Å². The van der Waals surface area contributed by atoms with Gasteiger partial charge in [-0.2, -0.15) is 0 Å². The van der Waals surface area contributed by atoms with Crippen molar-refractivity contribution < 1.29 is 13.9 Å². The molecule has 0 saturated carbocycles. The number of hydrogen-bond acceptors (Lipinski definition) is 3. The minimum absolute atomic E-state index is 0.103. The van der Waals surface area contributed by atoms with Gasteiger partial charge in [0.05, 0.1) is 4.47 Å². The standard InChI is InChI=1S/C13H10BrFN2O2/c1-7-2-4-9(12(16)18)13(17-7)19-8-3-5-11(15)10(14)6-8/h2-6H,1H3,(H2,16,18). The first kappa shape index (κ1) is 13.5. The molecule has 0 radical (unpaired) electrons. The molecule has 2 N–H and O–H groups in total. The molecule has 4 nitrogen and oxygen atoms in total. The van der Waals surface area contributed by atoms with Crippen molar-refractivity contribution in [1.29, 1.82) is 0 Å². The number of nitrogens with zero attached hydrogens (tertiary/aromatic N) is 1. The highest BCUT2D eigenvalue weighted by atomic mass is 79.9. The van der Waals surface area contributed by atoms with Crippen molar-refractivity contribution in [3.63, 3.8) is 0 Å². The van der Waals surface area contributed by atoms with E-state index < -0.39 is 11.7 Å². The number of ether oxygens (including phenoxy) is 1. The van der Waals surface area contributed by atoms with E-state index in [0.29, 0.717) is 11.4 Å². The van der Waals surface area contributed by atoms with Gasteiger partial charge in [0.1, 0.15) is 17.1 Å². The first-order chi connectivity index (χ1) is 8.97. The quantitative estimate of drug-likeness (QED) is 0.942. The summed E-state index contributed by atoms with van der Waals surface area (Å²) in [6.07, 6.45) is 0. The molecule has 0 atom stereocenters. The van der Waals surface area contributed by atoms with Crippen LogP contribution in [0.2, 0.25) is 0 Å². The van der Waals surface area contributed by atoms with Crippen LogP contribution in [0.4, 0.5) is 4.39 Å². The predicted octanol–water partition coefficient (Wildman–Crippen LogP) is 3.18. The third-order valence-electron chi connectivity index (χ3n) is 2.37. The molecule has 2 aromatic rings. The molecule has 0 bridgehead atoms. The Morgan fingerprint density at radius 2 is 2.11 bits per heavy atom. The average Bonchev–Trinajstić information content (AvgIpc) is 2.33. The minimum atomic E-state index is -0.635. The predicted molar refractivity (Wildman–Crippen MR) is 71.7 cm³/mol. The maximum atomic E-state index is 13.1. The smallest absolute Gasteiger partial charge is 0.254 e. The maximum absolute atomic E-state index is 13.1. The molecule has 0 unspecified atom stereocenters. The van der Waals surface area contributed by atoms with Crippen LogP contribution in [0, 0.1) is 12.7 Å². The van der Waals surface area contributed by atoms with E-state index in [-0.39, 0.29) is 15.9 Å². The highest BCUT2D eigenvalue weighted by Gasteiger charge is 2.13. The molecular formula is C13H10BrFN2O2. The Balaban J connectivity index is 2.39. The van der Waals surface area contributed by atoms with Crippen LogP contribution in [0.15, 0.2) is 34.8 Å². The van der Waals surface area contributed by atoms with E-state index in [0.717, 1.165) is 0 Å². The molecule has 2 rings (SSSR count). The lowest BCUT2D eigenvalue weighted by Gasteiger charge is -2.09. The zero-order valence-corrected chi connectivity index (χ0v) is 11.6. The van der Waals surface area contributed by atoms with Gasteiger partial charge in [0.15, 0.2) is 0 Å². The number of pyridine rings is 1. The number of benzene rings is 1. The van der Waals surface area contributed by atoms with E-state index >= 15 is 0 Å². The Morgan fingerprint density at radius 3 is 2.74 bits per heavy atom. The van der Waals surface area contributed by atoms with Crippen molar-refractivity contribution >= 4 is 21.8 Å². The maximum Gasteiger partial charge on any atom is 0.254 e. The monoisotopic (exact) mass is 324 g/mol. The number of carbonyl (C=O) groups is 1. The number of aryl methyl sites for hydroxylation is 1. The number of nitrogens with two attached hydrogens (primary N) is 1. The van der Waals surface area contributed by atoms with Gasteiger partial charge in [-0.15, -0.1) is 0 Å². The third kappa shape index (κ3) is 3.08. The topological polar surface area (TPSA) is 65.2 Å². The molecule has 1 amide bonds. The number of aromatic nitrogens is 1. The Morgan fingerprint density at radius 1 is 1.37 bits per heavy atom. The Labute approximate surface area is 117 Å². The van der Waals surface area contributed by atoms with Crippen molar-refractivity contribution in [2.75, 3.05) is 0 Å². The first-order valence-corrected chi connectivity index (χ1v) is 6.17. The van der Waals surface area contributed by atoms with Crippen molar-refractivity contribution in [3.8, 4) is 11.6 Å². The van der Waals surface area contributed by atoms with Gasteiger partial charge < -0.3 is 10.5 Å². The van der Waals surface area contributed by atoms with Crippen LogP contribution >= 0.6 is 15.9 Å². The highest BCUT2D eigenvalue weighted by molar-refractivity contribution is 9.10. The van der Waals surface area contributed by atoms with Gasteiger partial charge in [-0.25, -0.2) is 9.37 Å².